The van der Waals surface area contributed by atoms with E-state index in [2.05, 4.69) is 21.2 Å². The maximum atomic E-state index is 13.1. The smallest absolute Gasteiger partial charge is 0.243 e. The third kappa shape index (κ3) is 5.08. The van der Waals surface area contributed by atoms with Gasteiger partial charge in [0.15, 0.2) is 11.5 Å². The van der Waals surface area contributed by atoms with E-state index in [4.69, 9.17) is 9.47 Å². The Morgan fingerprint density at radius 1 is 1.09 bits per heavy atom. The second-order valence-corrected chi connectivity index (χ2v) is 11.8. The van der Waals surface area contributed by atoms with Gasteiger partial charge in [-0.3, -0.25) is 9.59 Å². The molecule has 176 valence electrons. The predicted octanol–water partition coefficient (Wildman–Crippen LogP) is 5.00. The summed E-state index contributed by atoms with van der Waals surface area (Å²) in [6.45, 7) is 4.91. The highest BCUT2D eigenvalue weighted by atomic mass is 79.9. The normalized spacial score (nSPS) is 30.1. The van der Waals surface area contributed by atoms with Crippen LogP contribution in [0.2, 0.25) is 0 Å². The predicted molar refractivity (Wildman–Crippen MR) is 128 cm³/mol. The molecule has 6 nitrogen and oxygen atoms in total. The molecule has 5 rings (SSSR count). The number of carbonyl (C=O) groups excluding carboxylic acids is 2. The number of ether oxygens (including phenoxy) is 2. The molecule has 0 radical (unpaired) electrons. The molecule has 7 heteroatoms. The van der Waals surface area contributed by atoms with Crippen LogP contribution >= 0.6 is 15.9 Å². The molecule has 0 heterocycles. The van der Waals surface area contributed by atoms with E-state index in [1.807, 2.05) is 13.8 Å². The summed E-state index contributed by atoms with van der Waals surface area (Å²) in [7, 11) is 1.73. The van der Waals surface area contributed by atoms with Crippen molar-refractivity contribution in [1.82, 2.24) is 4.90 Å². The first-order chi connectivity index (χ1) is 15.2. The van der Waals surface area contributed by atoms with Crippen LogP contribution < -0.4 is 14.8 Å². The fourth-order valence-electron chi connectivity index (χ4n) is 6.63. The van der Waals surface area contributed by atoms with Gasteiger partial charge in [0, 0.05) is 29.5 Å². The van der Waals surface area contributed by atoms with Crippen LogP contribution in [-0.4, -0.2) is 47.8 Å². The number of amides is 2. The second-order valence-electron chi connectivity index (χ2n) is 10.1. The molecule has 0 aromatic heterocycles. The van der Waals surface area contributed by atoms with Crippen LogP contribution in [-0.2, 0) is 9.59 Å². The van der Waals surface area contributed by atoms with Crippen LogP contribution in [0.25, 0.3) is 0 Å². The minimum Gasteiger partial charge on any atom is -0.490 e. The van der Waals surface area contributed by atoms with Gasteiger partial charge in [0.25, 0.3) is 0 Å². The average molecular weight is 507 g/mol. The Bertz CT molecular complexity index is 859. The molecule has 1 aromatic rings. The van der Waals surface area contributed by atoms with E-state index in [0.29, 0.717) is 36.8 Å². The van der Waals surface area contributed by atoms with Gasteiger partial charge in [0.2, 0.25) is 11.8 Å². The number of hydrogen-bond acceptors (Lipinski definition) is 4. The SMILES string of the molecule is CCOc1ccc(NC(=O)CN(C)C(=O)CC23C[C@@H]4C[C@@H](CC(Br)(C4)C2)C3)cc1OCC. The van der Waals surface area contributed by atoms with Crippen LogP contribution in [0.4, 0.5) is 5.69 Å². The van der Waals surface area contributed by atoms with E-state index in [1.165, 1.54) is 19.3 Å². The largest absolute Gasteiger partial charge is 0.490 e. The molecule has 1 N–H and O–H groups in total. The lowest BCUT2D eigenvalue weighted by molar-refractivity contribution is -0.139. The Morgan fingerprint density at radius 3 is 2.38 bits per heavy atom. The minimum absolute atomic E-state index is 0.0401. The Morgan fingerprint density at radius 2 is 1.75 bits per heavy atom. The minimum atomic E-state index is -0.213. The van der Waals surface area contributed by atoms with Crippen molar-refractivity contribution >= 4 is 33.4 Å². The average Bonchev–Trinajstić information content (AvgIpc) is 2.68. The van der Waals surface area contributed by atoms with Crippen LogP contribution in [0.15, 0.2) is 18.2 Å². The zero-order valence-electron chi connectivity index (χ0n) is 19.4. The topological polar surface area (TPSA) is 67.9 Å². The number of nitrogens with zero attached hydrogens (tertiary/aromatic N) is 1. The number of rotatable bonds is 9. The fraction of sp³-hybridized carbons (Fsp3) is 0.680. The lowest BCUT2D eigenvalue weighted by Crippen LogP contribution is -2.54. The molecule has 4 bridgehead atoms. The van der Waals surface area contributed by atoms with Gasteiger partial charge in [-0.25, -0.2) is 0 Å². The number of halogens is 1. The van der Waals surface area contributed by atoms with Gasteiger partial charge in [-0.2, -0.15) is 0 Å². The molecule has 4 fully saturated rings. The highest BCUT2D eigenvalue weighted by Crippen LogP contribution is 2.65. The van der Waals surface area contributed by atoms with E-state index in [0.717, 1.165) is 31.1 Å². The number of anilines is 1. The quantitative estimate of drug-likeness (QED) is 0.478. The third-order valence-corrected chi connectivity index (χ3v) is 8.20. The lowest BCUT2D eigenvalue weighted by Gasteiger charge is -2.60. The summed E-state index contributed by atoms with van der Waals surface area (Å²) in [6.07, 6.45) is 7.80. The molecule has 0 spiro atoms. The molecular formula is C25H35BrN2O4. The highest BCUT2D eigenvalue weighted by molar-refractivity contribution is 9.10. The Balaban J connectivity index is 1.34. The maximum absolute atomic E-state index is 13.1. The van der Waals surface area contributed by atoms with Gasteiger partial charge in [-0.05, 0) is 81.8 Å². The molecule has 4 aliphatic carbocycles. The van der Waals surface area contributed by atoms with E-state index in [-0.39, 0.29) is 28.1 Å². The number of likely N-dealkylation sites (N-methyl/N-ethyl adjacent to an activating group) is 1. The Labute approximate surface area is 199 Å². The highest BCUT2D eigenvalue weighted by Gasteiger charge is 2.57. The summed E-state index contributed by atoms with van der Waals surface area (Å²) < 4.78 is 11.4. The number of carbonyl (C=O) groups is 2. The van der Waals surface area contributed by atoms with Crippen molar-refractivity contribution in [1.29, 1.82) is 0 Å². The number of hydrogen-bond donors (Lipinski definition) is 1. The molecule has 2 amide bonds. The van der Waals surface area contributed by atoms with Crippen LogP contribution in [0, 0.1) is 17.3 Å². The molecule has 0 saturated heterocycles. The summed E-state index contributed by atoms with van der Waals surface area (Å²) in [5.74, 6) is 2.60. The number of benzene rings is 1. The molecule has 2 unspecified atom stereocenters. The molecular weight excluding hydrogens is 472 g/mol. The Kier molecular flexibility index (Phi) is 6.76. The summed E-state index contributed by atoms with van der Waals surface area (Å²) in [4.78, 5) is 27.3. The Hall–Kier alpha value is -1.76. The standard InChI is InChI=1S/C25H35BrN2O4/c1-4-31-20-7-6-19(9-21(20)32-5-2)27-22(29)15-28(3)23(30)14-24-10-17-8-18(11-24)13-25(26,12-17)16-24/h6-7,9,17-18H,4-5,8,10-16H2,1-3H3,(H,27,29)/t17-,18+,24?,25?. The van der Waals surface area contributed by atoms with E-state index >= 15 is 0 Å². The lowest BCUT2D eigenvalue weighted by atomic mass is 9.48. The van der Waals surface area contributed by atoms with Crippen LogP contribution in [0.3, 0.4) is 0 Å². The van der Waals surface area contributed by atoms with E-state index in [1.54, 1.807) is 30.1 Å². The molecule has 32 heavy (non-hydrogen) atoms. The van der Waals surface area contributed by atoms with E-state index < -0.39 is 0 Å². The third-order valence-electron chi connectivity index (χ3n) is 7.27. The van der Waals surface area contributed by atoms with Gasteiger partial charge in [0.05, 0.1) is 19.8 Å². The first-order valence-electron chi connectivity index (χ1n) is 11.9. The van der Waals surface area contributed by atoms with Crippen molar-refractivity contribution in [3.8, 4) is 11.5 Å². The van der Waals surface area contributed by atoms with Crippen molar-refractivity contribution < 1.29 is 19.1 Å². The maximum Gasteiger partial charge on any atom is 0.243 e. The van der Waals surface area contributed by atoms with Gasteiger partial charge in [-0.15, -0.1) is 0 Å². The first kappa shape index (κ1) is 23.4. The van der Waals surface area contributed by atoms with Crippen molar-refractivity contribution in [3.05, 3.63) is 18.2 Å². The van der Waals surface area contributed by atoms with Gasteiger partial charge >= 0.3 is 0 Å². The second kappa shape index (κ2) is 9.24. The fourth-order valence-corrected chi connectivity index (χ4v) is 8.14. The summed E-state index contributed by atoms with van der Waals surface area (Å²) in [5.41, 5.74) is 0.738. The van der Waals surface area contributed by atoms with Crippen molar-refractivity contribution in [2.45, 2.75) is 63.1 Å². The number of alkyl halides is 1. The summed E-state index contributed by atoms with van der Waals surface area (Å²) >= 11 is 4.02. The molecule has 0 aliphatic heterocycles. The molecule has 4 aliphatic rings. The molecule has 4 atom stereocenters. The number of nitrogens with one attached hydrogen (secondary N) is 1. The zero-order chi connectivity index (χ0) is 22.9. The molecule has 1 aromatic carbocycles. The van der Waals surface area contributed by atoms with Gasteiger partial charge in [0.1, 0.15) is 0 Å². The summed E-state index contributed by atoms with van der Waals surface area (Å²) in [5, 5.41) is 2.89. The molecule has 4 saturated carbocycles. The first-order valence-corrected chi connectivity index (χ1v) is 12.6. The van der Waals surface area contributed by atoms with Crippen LogP contribution in [0.5, 0.6) is 11.5 Å². The monoisotopic (exact) mass is 506 g/mol. The van der Waals surface area contributed by atoms with E-state index in [9.17, 15) is 9.59 Å². The zero-order valence-corrected chi connectivity index (χ0v) is 21.0. The van der Waals surface area contributed by atoms with Crippen molar-refractivity contribution in [2.75, 3.05) is 32.1 Å². The summed E-state index contributed by atoms with van der Waals surface area (Å²) in [6, 6.07) is 5.35. The van der Waals surface area contributed by atoms with Crippen molar-refractivity contribution in [3.63, 3.8) is 0 Å². The van der Waals surface area contributed by atoms with Gasteiger partial charge in [-0.1, -0.05) is 15.9 Å². The van der Waals surface area contributed by atoms with Gasteiger partial charge < -0.3 is 19.7 Å². The van der Waals surface area contributed by atoms with Crippen molar-refractivity contribution in [2.24, 2.45) is 17.3 Å². The van der Waals surface area contributed by atoms with Crippen LogP contribution in [0.1, 0.15) is 58.8 Å².